The predicted octanol–water partition coefficient (Wildman–Crippen LogP) is 1.85. The van der Waals surface area contributed by atoms with Crippen LogP contribution >= 0.6 is 0 Å². The molecule has 0 atom stereocenters. The van der Waals surface area contributed by atoms with Gasteiger partial charge in [0, 0.05) is 0 Å². The Hall–Kier alpha value is -1.10. The number of rotatable bonds is 11. The van der Waals surface area contributed by atoms with Crippen LogP contribution in [0.1, 0.15) is 51.4 Å². The van der Waals surface area contributed by atoms with Crippen molar-refractivity contribution in [2.45, 2.75) is 51.4 Å². The van der Waals surface area contributed by atoms with Gasteiger partial charge in [0.25, 0.3) is 0 Å². The number of hydrogen-bond donors (Lipinski definition) is 3. The first-order valence-electron chi connectivity index (χ1n) is 6.25. The molecule has 100 valence electrons. The van der Waals surface area contributed by atoms with Crippen molar-refractivity contribution in [2.75, 3.05) is 6.54 Å². The standard InChI is InChI=1S/C12H23NO4/c13-9-7-5-3-1-2-4-6-8-10(11(14)15)12(16)17/h10H,1-9,13H2,(H,14,15)(H,16,17). The van der Waals surface area contributed by atoms with Crippen molar-refractivity contribution in [3.05, 3.63) is 0 Å². The minimum absolute atomic E-state index is 0.230. The third-order valence-electron chi connectivity index (χ3n) is 2.79. The number of hydrogen-bond acceptors (Lipinski definition) is 3. The average molecular weight is 245 g/mol. The molecule has 0 aromatic rings. The number of carboxylic acid groups (broad SMARTS) is 2. The lowest BCUT2D eigenvalue weighted by molar-refractivity contribution is -0.154. The zero-order valence-corrected chi connectivity index (χ0v) is 10.2. The third kappa shape index (κ3) is 8.68. The summed E-state index contributed by atoms with van der Waals surface area (Å²) in [6.45, 7) is 0.735. The van der Waals surface area contributed by atoms with Crippen molar-refractivity contribution < 1.29 is 19.8 Å². The summed E-state index contributed by atoms with van der Waals surface area (Å²) in [6, 6.07) is 0. The Morgan fingerprint density at radius 2 is 1.24 bits per heavy atom. The van der Waals surface area contributed by atoms with E-state index < -0.39 is 17.9 Å². The van der Waals surface area contributed by atoms with E-state index in [4.69, 9.17) is 15.9 Å². The molecular formula is C12H23NO4. The summed E-state index contributed by atoms with van der Waals surface area (Å²) in [5.74, 6) is -3.71. The molecular weight excluding hydrogens is 222 g/mol. The number of unbranched alkanes of at least 4 members (excludes halogenated alkanes) is 6. The van der Waals surface area contributed by atoms with Crippen LogP contribution in [0.4, 0.5) is 0 Å². The molecule has 4 N–H and O–H groups in total. The highest BCUT2D eigenvalue weighted by Gasteiger charge is 2.24. The minimum Gasteiger partial charge on any atom is -0.481 e. The van der Waals surface area contributed by atoms with E-state index in [2.05, 4.69) is 0 Å². The van der Waals surface area contributed by atoms with Crippen LogP contribution in [0, 0.1) is 5.92 Å². The topological polar surface area (TPSA) is 101 Å². The number of carbonyl (C=O) groups is 2. The average Bonchev–Trinajstić information content (AvgIpc) is 2.26. The van der Waals surface area contributed by atoms with Crippen LogP contribution in [0.15, 0.2) is 0 Å². The summed E-state index contributed by atoms with van der Waals surface area (Å²) < 4.78 is 0. The van der Waals surface area contributed by atoms with Gasteiger partial charge >= 0.3 is 11.9 Å². The normalized spacial score (nSPS) is 10.7. The van der Waals surface area contributed by atoms with E-state index in [9.17, 15) is 9.59 Å². The molecule has 0 rings (SSSR count). The van der Waals surface area contributed by atoms with Crippen molar-refractivity contribution in [1.82, 2.24) is 0 Å². The monoisotopic (exact) mass is 245 g/mol. The van der Waals surface area contributed by atoms with Gasteiger partial charge in [0.05, 0.1) is 0 Å². The van der Waals surface area contributed by atoms with Gasteiger partial charge in [-0.3, -0.25) is 9.59 Å². The van der Waals surface area contributed by atoms with Crippen molar-refractivity contribution in [2.24, 2.45) is 11.7 Å². The molecule has 0 aromatic heterocycles. The maximum Gasteiger partial charge on any atom is 0.317 e. The number of nitrogens with two attached hydrogens (primary N) is 1. The molecule has 0 aliphatic heterocycles. The second kappa shape index (κ2) is 10.1. The quantitative estimate of drug-likeness (QED) is 0.381. The third-order valence-corrected chi connectivity index (χ3v) is 2.79. The minimum atomic E-state index is -1.24. The molecule has 0 amide bonds. The van der Waals surface area contributed by atoms with E-state index in [1.807, 2.05) is 0 Å². The first-order chi connectivity index (χ1) is 8.09. The molecule has 0 aliphatic rings. The molecule has 0 saturated carbocycles. The van der Waals surface area contributed by atoms with Gasteiger partial charge in [0.1, 0.15) is 0 Å². The Bertz CT molecular complexity index is 217. The Morgan fingerprint density at radius 1 is 0.824 bits per heavy atom. The van der Waals surface area contributed by atoms with E-state index in [-0.39, 0.29) is 6.42 Å². The molecule has 0 unspecified atom stereocenters. The van der Waals surface area contributed by atoms with Crippen molar-refractivity contribution >= 4 is 11.9 Å². The lowest BCUT2D eigenvalue weighted by Gasteiger charge is -2.06. The van der Waals surface area contributed by atoms with E-state index in [1.54, 1.807) is 0 Å². The van der Waals surface area contributed by atoms with Crippen LogP contribution in [-0.2, 0) is 9.59 Å². The van der Waals surface area contributed by atoms with Gasteiger partial charge in [0.15, 0.2) is 5.92 Å². The van der Waals surface area contributed by atoms with Crippen LogP contribution in [0.5, 0.6) is 0 Å². The fraction of sp³-hybridized carbons (Fsp3) is 0.833. The molecule has 0 fully saturated rings. The van der Waals surface area contributed by atoms with Crippen LogP contribution in [0.2, 0.25) is 0 Å². The van der Waals surface area contributed by atoms with Crippen LogP contribution in [0.25, 0.3) is 0 Å². The lowest BCUT2D eigenvalue weighted by atomic mass is 10.0. The van der Waals surface area contributed by atoms with Gasteiger partial charge in [-0.1, -0.05) is 38.5 Å². The zero-order chi connectivity index (χ0) is 13.1. The lowest BCUT2D eigenvalue weighted by Crippen LogP contribution is -2.23. The van der Waals surface area contributed by atoms with E-state index in [1.165, 1.54) is 0 Å². The highest BCUT2D eigenvalue weighted by Crippen LogP contribution is 2.13. The molecule has 5 nitrogen and oxygen atoms in total. The molecule has 5 heteroatoms. The maximum absolute atomic E-state index is 10.6. The SMILES string of the molecule is NCCCCCCCCCC(C(=O)O)C(=O)O. The van der Waals surface area contributed by atoms with Gasteiger partial charge in [-0.2, -0.15) is 0 Å². The van der Waals surface area contributed by atoms with Gasteiger partial charge in [-0.05, 0) is 19.4 Å². The summed E-state index contributed by atoms with van der Waals surface area (Å²) >= 11 is 0. The van der Waals surface area contributed by atoms with E-state index in [0.29, 0.717) is 6.42 Å². The zero-order valence-electron chi connectivity index (χ0n) is 10.2. The van der Waals surface area contributed by atoms with E-state index >= 15 is 0 Å². The van der Waals surface area contributed by atoms with Gasteiger partial charge in [0.2, 0.25) is 0 Å². The summed E-state index contributed by atoms with van der Waals surface area (Å²) in [6.07, 6.45) is 7.30. The summed E-state index contributed by atoms with van der Waals surface area (Å²) in [7, 11) is 0. The first-order valence-corrected chi connectivity index (χ1v) is 6.25. The van der Waals surface area contributed by atoms with E-state index in [0.717, 1.165) is 45.1 Å². The molecule has 0 saturated heterocycles. The molecule has 0 spiro atoms. The molecule has 0 aliphatic carbocycles. The molecule has 0 aromatic carbocycles. The predicted molar refractivity (Wildman–Crippen MR) is 64.8 cm³/mol. The Morgan fingerprint density at radius 3 is 1.65 bits per heavy atom. The smallest absolute Gasteiger partial charge is 0.317 e. The summed E-state index contributed by atoms with van der Waals surface area (Å²) in [5, 5.41) is 17.3. The Kier molecular flexibility index (Phi) is 9.43. The van der Waals surface area contributed by atoms with Gasteiger partial charge in [-0.25, -0.2) is 0 Å². The second-order valence-electron chi connectivity index (χ2n) is 4.28. The summed E-state index contributed by atoms with van der Waals surface area (Å²) in [5.41, 5.74) is 5.37. The number of aliphatic carboxylic acids is 2. The first kappa shape index (κ1) is 15.9. The molecule has 0 heterocycles. The fourth-order valence-electron chi connectivity index (χ4n) is 1.73. The second-order valence-corrected chi connectivity index (χ2v) is 4.28. The largest absolute Gasteiger partial charge is 0.481 e. The van der Waals surface area contributed by atoms with Crippen molar-refractivity contribution in [1.29, 1.82) is 0 Å². The summed E-state index contributed by atoms with van der Waals surface area (Å²) in [4.78, 5) is 21.2. The molecule has 17 heavy (non-hydrogen) atoms. The highest BCUT2D eigenvalue weighted by molar-refractivity contribution is 5.92. The van der Waals surface area contributed by atoms with Gasteiger partial charge in [-0.15, -0.1) is 0 Å². The highest BCUT2D eigenvalue weighted by atomic mass is 16.4. The van der Waals surface area contributed by atoms with Gasteiger partial charge < -0.3 is 15.9 Å². The fourth-order valence-corrected chi connectivity index (χ4v) is 1.73. The Balaban J connectivity index is 3.43. The van der Waals surface area contributed by atoms with Crippen molar-refractivity contribution in [3.63, 3.8) is 0 Å². The molecule has 0 bridgehead atoms. The Labute approximate surface area is 102 Å². The molecule has 0 radical (unpaired) electrons. The van der Waals surface area contributed by atoms with Crippen LogP contribution < -0.4 is 5.73 Å². The van der Waals surface area contributed by atoms with Crippen LogP contribution in [0.3, 0.4) is 0 Å². The maximum atomic E-state index is 10.6. The van der Waals surface area contributed by atoms with Crippen molar-refractivity contribution in [3.8, 4) is 0 Å². The number of carboxylic acids is 2. The van der Waals surface area contributed by atoms with Crippen LogP contribution in [-0.4, -0.2) is 28.7 Å².